The molecule has 0 bridgehead atoms. The number of hydrogen-bond acceptors (Lipinski definition) is 3. The van der Waals surface area contributed by atoms with Gasteiger partial charge in [0.2, 0.25) is 10.0 Å². The summed E-state index contributed by atoms with van der Waals surface area (Å²) in [5.41, 5.74) is 1.70. The minimum Gasteiger partial charge on any atom is -0.367 e. The molecular weight excluding hydrogens is 327 g/mol. The molecule has 1 aliphatic rings. The van der Waals surface area contributed by atoms with Crippen LogP contribution in [0.15, 0.2) is 54.6 Å². The molecule has 0 saturated carbocycles. The van der Waals surface area contributed by atoms with Crippen LogP contribution in [0.1, 0.15) is 18.4 Å². The molecule has 1 N–H and O–H groups in total. The second-order valence-electron chi connectivity index (χ2n) is 6.06. The van der Waals surface area contributed by atoms with E-state index in [9.17, 15) is 12.8 Å². The first-order valence-electron chi connectivity index (χ1n) is 8.07. The van der Waals surface area contributed by atoms with Crippen molar-refractivity contribution in [3.63, 3.8) is 0 Å². The average Bonchev–Trinajstić information content (AvgIpc) is 3.05. The van der Waals surface area contributed by atoms with Gasteiger partial charge >= 0.3 is 0 Å². The van der Waals surface area contributed by atoms with E-state index in [1.165, 1.54) is 24.3 Å². The number of sulfonamides is 1. The van der Waals surface area contributed by atoms with Gasteiger partial charge in [0.25, 0.3) is 0 Å². The van der Waals surface area contributed by atoms with E-state index in [1.54, 1.807) is 0 Å². The topological polar surface area (TPSA) is 49.4 Å². The maximum atomic E-state index is 12.9. The van der Waals surface area contributed by atoms with E-state index in [-0.39, 0.29) is 17.6 Å². The highest BCUT2D eigenvalue weighted by Gasteiger charge is 2.26. The third-order valence-electron chi connectivity index (χ3n) is 4.27. The van der Waals surface area contributed by atoms with Crippen LogP contribution in [-0.4, -0.2) is 27.5 Å². The molecule has 0 aliphatic carbocycles. The van der Waals surface area contributed by atoms with Crippen LogP contribution < -0.4 is 9.62 Å². The van der Waals surface area contributed by atoms with Gasteiger partial charge < -0.3 is 4.90 Å². The highest BCUT2D eigenvalue weighted by Crippen LogP contribution is 2.24. The van der Waals surface area contributed by atoms with Crippen molar-refractivity contribution in [3.8, 4) is 0 Å². The normalized spacial score (nSPS) is 18.0. The molecule has 2 aromatic carbocycles. The largest absolute Gasteiger partial charge is 0.367 e. The fourth-order valence-electron chi connectivity index (χ4n) is 3.08. The lowest BCUT2D eigenvalue weighted by Gasteiger charge is -2.27. The van der Waals surface area contributed by atoms with E-state index in [2.05, 4.69) is 9.62 Å². The van der Waals surface area contributed by atoms with Crippen molar-refractivity contribution in [3.05, 3.63) is 66.0 Å². The van der Waals surface area contributed by atoms with Crippen LogP contribution in [0, 0.1) is 5.82 Å². The third kappa shape index (κ3) is 4.33. The summed E-state index contributed by atoms with van der Waals surface area (Å²) < 4.78 is 40.1. The van der Waals surface area contributed by atoms with Crippen LogP contribution in [-0.2, 0) is 15.8 Å². The monoisotopic (exact) mass is 348 g/mol. The van der Waals surface area contributed by atoms with Gasteiger partial charge in [-0.05, 0) is 42.7 Å². The third-order valence-corrected chi connectivity index (χ3v) is 5.59. The molecule has 0 aromatic heterocycles. The Hall–Kier alpha value is -1.92. The lowest BCUT2D eigenvalue weighted by molar-refractivity contribution is 0.566. The number of nitrogens with zero attached hydrogens (tertiary/aromatic N) is 1. The minimum atomic E-state index is -3.44. The SMILES string of the molecule is O=S(=O)(Cc1ccc(F)cc1)NCC1CCCN1c1ccccc1. The molecule has 1 saturated heterocycles. The molecular formula is C18H21FN2O2S. The zero-order chi connectivity index (χ0) is 17.0. The molecule has 1 heterocycles. The lowest BCUT2D eigenvalue weighted by Crippen LogP contribution is -2.40. The average molecular weight is 348 g/mol. The van der Waals surface area contributed by atoms with E-state index < -0.39 is 10.0 Å². The number of halogens is 1. The lowest BCUT2D eigenvalue weighted by atomic mass is 10.2. The van der Waals surface area contributed by atoms with Gasteiger partial charge in [-0.3, -0.25) is 0 Å². The van der Waals surface area contributed by atoms with E-state index in [0.29, 0.717) is 12.1 Å². The fourth-order valence-corrected chi connectivity index (χ4v) is 4.26. The van der Waals surface area contributed by atoms with Gasteiger partial charge in [0, 0.05) is 24.8 Å². The standard InChI is InChI=1S/C18H21FN2O2S/c19-16-10-8-15(9-11-16)14-24(22,23)20-13-18-7-4-12-21(18)17-5-2-1-3-6-17/h1-3,5-6,8-11,18,20H,4,7,12-14H2. The number of hydrogen-bond donors (Lipinski definition) is 1. The van der Waals surface area contributed by atoms with Crippen molar-refractivity contribution in [2.75, 3.05) is 18.0 Å². The van der Waals surface area contributed by atoms with Gasteiger partial charge in [-0.25, -0.2) is 17.5 Å². The first-order valence-corrected chi connectivity index (χ1v) is 9.72. The Morgan fingerprint density at radius 1 is 1.08 bits per heavy atom. The highest BCUT2D eigenvalue weighted by molar-refractivity contribution is 7.88. The van der Waals surface area contributed by atoms with Crippen molar-refractivity contribution in [1.82, 2.24) is 4.72 Å². The van der Waals surface area contributed by atoms with Crippen LogP contribution >= 0.6 is 0 Å². The summed E-state index contributed by atoms with van der Waals surface area (Å²) in [4.78, 5) is 2.25. The molecule has 6 heteroatoms. The highest BCUT2D eigenvalue weighted by atomic mass is 32.2. The summed E-state index contributed by atoms with van der Waals surface area (Å²) in [7, 11) is -3.44. The number of para-hydroxylation sites is 1. The summed E-state index contributed by atoms with van der Waals surface area (Å²) in [6.45, 7) is 1.33. The second-order valence-corrected chi connectivity index (χ2v) is 7.87. The Bertz CT molecular complexity index is 763. The van der Waals surface area contributed by atoms with Crippen molar-refractivity contribution in [2.24, 2.45) is 0 Å². The molecule has 4 nitrogen and oxygen atoms in total. The number of nitrogens with one attached hydrogen (secondary N) is 1. The predicted molar refractivity (Wildman–Crippen MR) is 93.8 cm³/mol. The molecule has 1 unspecified atom stereocenters. The Morgan fingerprint density at radius 2 is 1.79 bits per heavy atom. The molecule has 24 heavy (non-hydrogen) atoms. The van der Waals surface area contributed by atoms with Gasteiger partial charge in [0.05, 0.1) is 5.75 Å². The van der Waals surface area contributed by atoms with Gasteiger partial charge in [-0.2, -0.15) is 0 Å². The van der Waals surface area contributed by atoms with Crippen LogP contribution in [0.25, 0.3) is 0 Å². The maximum absolute atomic E-state index is 12.9. The Balaban J connectivity index is 1.60. The predicted octanol–water partition coefficient (Wildman–Crippen LogP) is 2.91. The summed E-state index contributed by atoms with van der Waals surface area (Å²) in [5, 5.41) is 0. The van der Waals surface area contributed by atoms with Crippen LogP contribution in [0.3, 0.4) is 0 Å². The van der Waals surface area contributed by atoms with Crippen LogP contribution in [0.4, 0.5) is 10.1 Å². The van der Waals surface area contributed by atoms with E-state index >= 15 is 0 Å². The van der Waals surface area contributed by atoms with Crippen LogP contribution in [0.5, 0.6) is 0 Å². The maximum Gasteiger partial charge on any atom is 0.215 e. The summed E-state index contributed by atoms with van der Waals surface area (Å²) >= 11 is 0. The molecule has 0 spiro atoms. The second kappa shape index (κ2) is 7.32. The summed E-state index contributed by atoms with van der Waals surface area (Å²) in [5.74, 6) is -0.501. The molecule has 0 amide bonds. The molecule has 1 fully saturated rings. The van der Waals surface area contributed by atoms with Crippen molar-refractivity contribution in [1.29, 1.82) is 0 Å². The molecule has 2 aromatic rings. The molecule has 1 atom stereocenters. The zero-order valence-corrected chi connectivity index (χ0v) is 14.2. The van der Waals surface area contributed by atoms with Gasteiger partial charge in [-0.1, -0.05) is 30.3 Å². The zero-order valence-electron chi connectivity index (χ0n) is 13.4. The number of rotatable bonds is 6. The molecule has 128 valence electrons. The van der Waals surface area contributed by atoms with Crippen molar-refractivity contribution >= 4 is 15.7 Å². The smallest absolute Gasteiger partial charge is 0.215 e. The first-order chi connectivity index (χ1) is 11.5. The van der Waals surface area contributed by atoms with E-state index in [0.717, 1.165) is 25.1 Å². The Morgan fingerprint density at radius 3 is 2.50 bits per heavy atom. The fraction of sp³-hybridized carbons (Fsp3) is 0.333. The first kappa shape index (κ1) is 16.9. The molecule has 0 radical (unpaired) electrons. The van der Waals surface area contributed by atoms with Gasteiger partial charge in [0.1, 0.15) is 5.82 Å². The number of benzene rings is 2. The van der Waals surface area contributed by atoms with E-state index in [4.69, 9.17) is 0 Å². The molecule has 1 aliphatic heterocycles. The van der Waals surface area contributed by atoms with Crippen molar-refractivity contribution in [2.45, 2.75) is 24.6 Å². The van der Waals surface area contributed by atoms with Crippen LogP contribution in [0.2, 0.25) is 0 Å². The van der Waals surface area contributed by atoms with Crippen molar-refractivity contribution < 1.29 is 12.8 Å². The van der Waals surface area contributed by atoms with Gasteiger partial charge in [-0.15, -0.1) is 0 Å². The minimum absolute atomic E-state index is 0.134. The summed E-state index contributed by atoms with van der Waals surface area (Å²) in [6, 6.07) is 15.8. The molecule has 3 rings (SSSR count). The Kier molecular flexibility index (Phi) is 5.16. The van der Waals surface area contributed by atoms with Gasteiger partial charge in [0.15, 0.2) is 0 Å². The summed E-state index contributed by atoms with van der Waals surface area (Å²) in [6.07, 6.45) is 2.02. The quantitative estimate of drug-likeness (QED) is 0.873. The van der Waals surface area contributed by atoms with E-state index in [1.807, 2.05) is 30.3 Å². The Labute approximate surface area is 142 Å². The number of anilines is 1.